The van der Waals surface area contributed by atoms with E-state index >= 15 is 0 Å². The fourth-order valence-corrected chi connectivity index (χ4v) is 3.40. The number of hydrogen-bond acceptors (Lipinski definition) is 4. The maximum atomic E-state index is 13.0. The van der Waals surface area contributed by atoms with E-state index in [0.717, 1.165) is 11.7 Å². The lowest BCUT2D eigenvalue weighted by atomic mass is 10.1. The van der Waals surface area contributed by atoms with Gasteiger partial charge in [-0.25, -0.2) is 14.3 Å². The zero-order chi connectivity index (χ0) is 21.3. The van der Waals surface area contributed by atoms with Gasteiger partial charge >= 0.3 is 17.9 Å². The fraction of sp³-hybridized carbons (Fsp3) is 0.471. The topological polar surface area (TPSA) is 81.4 Å². The number of rotatable bonds is 3. The quantitative estimate of drug-likeness (QED) is 0.806. The van der Waals surface area contributed by atoms with Crippen molar-refractivity contribution in [1.82, 2.24) is 19.2 Å². The number of amides is 2. The Labute approximate surface area is 168 Å². The highest BCUT2D eigenvalue weighted by atomic mass is 35.5. The van der Waals surface area contributed by atoms with Crippen molar-refractivity contribution in [3.63, 3.8) is 0 Å². The van der Waals surface area contributed by atoms with Gasteiger partial charge in [0.25, 0.3) is 0 Å². The van der Waals surface area contributed by atoms with Crippen LogP contribution in [0.4, 0.5) is 23.7 Å². The second-order valence-electron chi connectivity index (χ2n) is 6.60. The van der Waals surface area contributed by atoms with Crippen LogP contribution in [0, 0.1) is 0 Å². The van der Waals surface area contributed by atoms with E-state index in [1.165, 1.54) is 12.0 Å². The van der Waals surface area contributed by atoms with Gasteiger partial charge in [-0.2, -0.15) is 13.2 Å². The Bertz CT molecular complexity index is 964. The van der Waals surface area contributed by atoms with Crippen LogP contribution in [-0.4, -0.2) is 45.5 Å². The maximum Gasteiger partial charge on any atom is 0.451 e. The minimum atomic E-state index is -4.71. The number of halogens is 4. The third-order valence-corrected chi connectivity index (χ3v) is 4.99. The molecular weight excluding hydrogens is 415 g/mol. The number of alkyl halides is 3. The molecule has 1 saturated heterocycles. The summed E-state index contributed by atoms with van der Waals surface area (Å²) in [5.74, 6) is -0.798. The van der Waals surface area contributed by atoms with Crippen LogP contribution >= 0.6 is 11.6 Å². The van der Waals surface area contributed by atoms with Gasteiger partial charge in [-0.3, -0.25) is 4.57 Å². The first-order valence-corrected chi connectivity index (χ1v) is 9.11. The van der Waals surface area contributed by atoms with Crippen LogP contribution in [0.15, 0.2) is 23.0 Å². The Morgan fingerprint density at radius 1 is 1.31 bits per heavy atom. The van der Waals surface area contributed by atoms with Crippen molar-refractivity contribution in [1.29, 1.82) is 0 Å². The molecule has 3 rings (SSSR count). The first-order valence-electron chi connectivity index (χ1n) is 8.74. The van der Waals surface area contributed by atoms with Gasteiger partial charge in [0.15, 0.2) is 0 Å². The highest BCUT2D eigenvalue weighted by molar-refractivity contribution is 6.31. The van der Waals surface area contributed by atoms with Crippen LogP contribution < -0.4 is 15.7 Å². The minimum absolute atomic E-state index is 0.254. The van der Waals surface area contributed by atoms with Gasteiger partial charge in [0, 0.05) is 25.2 Å². The number of carbonyl (C=O) groups excluding carboxylic acids is 1. The molecule has 1 aliphatic heterocycles. The van der Waals surface area contributed by atoms with Crippen LogP contribution in [0.5, 0.6) is 5.75 Å². The van der Waals surface area contributed by atoms with Gasteiger partial charge in [-0.05, 0) is 31.0 Å². The van der Waals surface area contributed by atoms with E-state index in [1.807, 2.05) is 0 Å². The third kappa shape index (κ3) is 4.34. The molecule has 0 unspecified atom stereocenters. The van der Waals surface area contributed by atoms with Gasteiger partial charge in [0.2, 0.25) is 5.82 Å². The molecule has 12 heteroatoms. The first kappa shape index (κ1) is 21.0. The fourth-order valence-electron chi connectivity index (χ4n) is 3.23. The molecule has 0 saturated carbocycles. The molecule has 8 nitrogen and oxygen atoms in total. The molecule has 0 atom stereocenters. The number of nitrogens with one attached hydrogen (secondary N) is 1. The number of ether oxygens (including phenoxy) is 1. The lowest BCUT2D eigenvalue weighted by Gasteiger charge is -2.31. The summed E-state index contributed by atoms with van der Waals surface area (Å²) in [6, 6.07) is 3.89. The first-order chi connectivity index (χ1) is 13.6. The van der Waals surface area contributed by atoms with E-state index in [4.69, 9.17) is 16.3 Å². The molecule has 2 amide bonds. The molecule has 158 valence electrons. The smallest absolute Gasteiger partial charge is 0.451 e. The van der Waals surface area contributed by atoms with Gasteiger partial charge in [0.1, 0.15) is 5.75 Å². The van der Waals surface area contributed by atoms with Gasteiger partial charge < -0.3 is 15.0 Å². The molecule has 0 spiro atoms. The SMILES string of the molecule is COc1ccc(Cl)cc1NC(=O)N1CCC(n2nc(C(F)(F)F)n(C)c2=O)CC1. The second kappa shape index (κ2) is 7.97. The van der Waals surface area contributed by atoms with Gasteiger partial charge in [-0.15, -0.1) is 5.10 Å². The molecule has 1 aromatic heterocycles. The minimum Gasteiger partial charge on any atom is -0.495 e. The Morgan fingerprint density at radius 3 is 2.52 bits per heavy atom. The average Bonchev–Trinajstić information content (AvgIpc) is 2.97. The predicted octanol–water partition coefficient (Wildman–Crippen LogP) is 3.13. The van der Waals surface area contributed by atoms with Crippen LogP contribution in [0.3, 0.4) is 0 Å². The molecule has 1 aromatic carbocycles. The zero-order valence-corrected chi connectivity index (χ0v) is 16.4. The van der Waals surface area contributed by atoms with Crippen molar-refractivity contribution in [3.05, 3.63) is 39.5 Å². The summed E-state index contributed by atoms with van der Waals surface area (Å²) in [5, 5.41) is 6.60. The Hall–Kier alpha value is -2.69. The number of nitrogens with zero attached hydrogens (tertiary/aromatic N) is 4. The predicted molar refractivity (Wildman–Crippen MR) is 99.3 cm³/mol. The molecule has 2 heterocycles. The molecule has 0 aliphatic carbocycles. The summed E-state index contributed by atoms with van der Waals surface area (Å²) in [6.45, 7) is 0.507. The molecule has 1 fully saturated rings. The van der Waals surface area contributed by atoms with Crippen molar-refractivity contribution in [2.45, 2.75) is 25.1 Å². The van der Waals surface area contributed by atoms with E-state index in [-0.39, 0.29) is 13.1 Å². The molecule has 2 aromatic rings. The van der Waals surface area contributed by atoms with E-state index in [9.17, 15) is 22.8 Å². The number of methoxy groups -OCH3 is 1. The number of urea groups is 1. The number of piperidine rings is 1. The average molecular weight is 434 g/mol. The standard InChI is InChI=1S/C17H19ClF3N5O3/c1-24-14(17(19,20)21)23-26(16(24)28)11-5-7-25(8-6-11)15(27)22-12-9-10(18)3-4-13(12)29-2/h3-4,9,11H,5-8H2,1-2H3,(H,22,27). The lowest BCUT2D eigenvalue weighted by Crippen LogP contribution is -2.43. The number of anilines is 1. The largest absolute Gasteiger partial charge is 0.495 e. The van der Waals surface area contributed by atoms with Gasteiger partial charge in [0.05, 0.1) is 18.8 Å². The number of carbonyl (C=O) groups is 1. The van der Waals surface area contributed by atoms with Crippen LogP contribution in [0.25, 0.3) is 0 Å². The summed E-state index contributed by atoms with van der Waals surface area (Å²) in [5.41, 5.74) is -0.424. The number of aromatic nitrogens is 3. The van der Waals surface area contributed by atoms with E-state index in [0.29, 0.717) is 33.9 Å². The Balaban J connectivity index is 1.68. The zero-order valence-electron chi connectivity index (χ0n) is 15.7. The molecule has 29 heavy (non-hydrogen) atoms. The molecule has 1 N–H and O–H groups in total. The summed E-state index contributed by atoms with van der Waals surface area (Å²) in [6.07, 6.45) is -4.11. The molecule has 0 bridgehead atoms. The van der Waals surface area contributed by atoms with Crippen LogP contribution in [0.2, 0.25) is 5.02 Å². The second-order valence-corrected chi connectivity index (χ2v) is 7.04. The maximum absolute atomic E-state index is 13.0. The number of likely N-dealkylation sites (tertiary alicyclic amines) is 1. The Morgan fingerprint density at radius 2 is 1.97 bits per heavy atom. The summed E-state index contributed by atoms with van der Waals surface area (Å²) < 4.78 is 45.4. The van der Waals surface area contributed by atoms with Crippen LogP contribution in [0.1, 0.15) is 24.7 Å². The Kier molecular flexibility index (Phi) is 5.78. The molecular formula is C17H19ClF3N5O3. The molecule has 0 radical (unpaired) electrons. The van der Waals surface area contributed by atoms with E-state index < -0.39 is 29.8 Å². The third-order valence-electron chi connectivity index (χ3n) is 4.76. The van der Waals surface area contributed by atoms with E-state index in [2.05, 4.69) is 10.4 Å². The summed E-state index contributed by atoms with van der Waals surface area (Å²) >= 11 is 5.95. The normalized spacial score (nSPS) is 15.4. The van der Waals surface area contributed by atoms with Gasteiger partial charge in [-0.1, -0.05) is 11.6 Å². The molecule has 1 aliphatic rings. The van der Waals surface area contributed by atoms with Crippen molar-refractivity contribution in [3.8, 4) is 5.75 Å². The van der Waals surface area contributed by atoms with Crippen molar-refractivity contribution in [2.24, 2.45) is 7.05 Å². The van der Waals surface area contributed by atoms with E-state index in [1.54, 1.807) is 18.2 Å². The summed E-state index contributed by atoms with van der Waals surface area (Å²) in [4.78, 5) is 26.2. The van der Waals surface area contributed by atoms with Crippen molar-refractivity contribution in [2.75, 3.05) is 25.5 Å². The van der Waals surface area contributed by atoms with Crippen molar-refractivity contribution < 1.29 is 22.7 Å². The van der Waals surface area contributed by atoms with Crippen molar-refractivity contribution >= 4 is 23.3 Å². The van der Waals surface area contributed by atoms with Crippen LogP contribution in [-0.2, 0) is 13.2 Å². The number of hydrogen-bond donors (Lipinski definition) is 1. The monoisotopic (exact) mass is 433 g/mol. The summed E-state index contributed by atoms with van der Waals surface area (Å²) in [7, 11) is 2.50. The lowest BCUT2D eigenvalue weighted by molar-refractivity contribution is -0.147. The highest BCUT2D eigenvalue weighted by Gasteiger charge is 2.39. The highest BCUT2D eigenvalue weighted by Crippen LogP contribution is 2.30. The number of benzene rings is 1.